The van der Waals surface area contributed by atoms with E-state index in [0.29, 0.717) is 5.65 Å². The number of carboxylic acids is 1. The maximum absolute atomic E-state index is 12.0. The van der Waals surface area contributed by atoms with Crippen molar-refractivity contribution in [3.63, 3.8) is 0 Å². The van der Waals surface area contributed by atoms with Crippen LogP contribution >= 0.6 is 0 Å². The van der Waals surface area contributed by atoms with Crippen molar-refractivity contribution < 1.29 is 19.4 Å². The average molecular weight is 294 g/mol. The summed E-state index contributed by atoms with van der Waals surface area (Å²) in [7, 11) is 1.33. The van der Waals surface area contributed by atoms with Gasteiger partial charge in [0, 0.05) is 13.3 Å². The van der Waals surface area contributed by atoms with E-state index in [4.69, 9.17) is 9.84 Å². The summed E-state index contributed by atoms with van der Waals surface area (Å²) in [6.07, 6.45) is 1.53. The first-order valence-corrected chi connectivity index (χ1v) is 6.08. The molecule has 9 nitrogen and oxygen atoms in total. The summed E-state index contributed by atoms with van der Waals surface area (Å²) in [4.78, 5) is 34.6. The normalized spacial score (nSPS) is 12.2. The summed E-state index contributed by atoms with van der Waals surface area (Å²) in [5, 5.41) is 15.1. The highest BCUT2D eigenvalue weighted by molar-refractivity contribution is 5.83. The lowest BCUT2D eigenvalue weighted by atomic mass is 10.3. The molecule has 112 valence electrons. The zero-order valence-electron chi connectivity index (χ0n) is 11.2. The fourth-order valence-corrected chi connectivity index (χ4v) is 1.79. The molecule has 2 rings (SSSR count). The second-order valence-corrected chi connectivity index (χ2v) is 4.28. The number of pyridine rings is 1. The third-order valence-corrected chi connectivity index (χ3v) is 2.75. The van der Waals surface area contributed by atoms with Crippen molar-refractivity contribution in [1.29, 1.82) is 0 Å². The van der Waals surface area contributed by atoms with Crippen LogP contribution in [0.15, 0.2) is 29.2 Å². The van der Waals surface area contributed by atoms with Crippen molar-refractivity contribution in [2.45, 2.75) is 12.6 Å². The summed E-state index contributed by atoms with van der Waals surface area (Å²) in [6, 6.07) is 3.83. The number of methoxy groups -OCH3 is 1. The molecule has 0 aliphatic rings. The van der Waals surface area contributed by atoms with Gasteiger partial charge >= 0.3 is 11.7 Å². The number of hydrogen-bond acceptors (Lipinski definition) is 5. The Hall–Kier alpha value is -2.68. The van der Waals surface area contributed by atoms with E-state index in [-0.39, 0.29) is 13.2 Å². The molecule has 2 heterocycles. The average Bonchev–Trinajstić information content (AvgIpc) is 2.75. The Morgan fingerprint density at radius 2 is 2.24 bits per heavy atom. The third kappa shape index (κ3) is 3.26. The van der Waals surface area contributed by atoms with Crippen molar-refractivity contribution in [2.24, 2.45) is 0 Å². The number of hydrogen-bond donors (Lipinski definition) is 2. The number of carbonyl (C=O) groups is 2. The second-order valence-electron chi connectivity index (χ2n) is 4.28. The van der Waals surface area contributed by atoms with Crippen LogP contribution in [0.1, 0.15) is 0 Å². The standard InChI is InChI=1S/C12H14N4O5/c1-21-7-8(11(18)19)13-10(17)6-16-12(20)15-5-3-2-4-9(15)14-16/h2-5,8H,6-7H2,1H3,(H,13,17)(H,18,19). The number of nitrogens with one attached hydrogen (secondary N) is 1. The highest BCUT2D eigenvalue weighted by atomic mass is 16.5. The second kappa shape index (κ2) is 6.18. The Bertz CT molecular complexity index is 720. The molecule has 0 fully saturated rings. The first kappa shape index (κ1) is 14.7. The summed E-state index contributed by atoms with van der Waals surface area (Å²) < 4.78 is 6.96. The molecule has 2 aromatic heterocycles. The van der Waals surface area contributed by atoms with E-state index in [2.05, 4.69) is 10.4 Å². The van der Waals surface area contributed by atoms with Crippen LogP contribution in [0.3, 0.4) is 0 Å². The number of carbonyl (C=O) groups excluding carboxylic acids is 1. The predicted molar refractivity (Wildman–Crippen MR) is 70.9 cm³/mol. The number of aliphatic carboxylic acids is 1. The van der Waals surface area contributed by atoms with Crippen LogP contribution in [-0.4, -0.2) is 50.9 Å². The molecule has 1 atom stereocenters. The van der Waals surface area contributed by atoms with Crippen molar-refractivity contribution >= 4 is 17.5 Å². The molecule has 0 saturated heterocycles. The zero-order valence-corrected chi connectivity index (χ0v) is 11.2. The van der Waals surface area contributed by atoms with Gasteiger partial charge in [-0.1, -0.05) is 6.07 Å². The molecule has 0 spiro atoms. The molecule has 2 N–H and O–H groups in total. The topological polar surface area (TPSA) is 115 Å². The van der Waals surface area contributed by atoms with E-state index in [1.807, 2.05) is 0 Å². The highest BCUT2D eigenvalue weighted by Gasteiger charge is 2.20. The first-order chi connectivity index (χ1) is 10.0. The van der Waals surface area contributed by atoms with Gasteiger partial charge in [0.15, 0.2) is 11.7 Å². The summed E-state index contributed by atoms with van der Waals surface area (Å²) in [6.45, 7) is -0.533. The van der Waals surface area contributed by atoms with E-state index in [9.17, 15) is 14.4 Å². The maximum atomic E-state index is 12.0. The van der Waals surface area contributed by atoms with Crippen LogP contribution in [0.5, 0.6) is 0 Å². The van der Waals surface area contributed by atoms with E-state index in [0.717, 1.165) is 4.68 Å². The van der Waals surface area contributed by atoms with Gasteiger partial charge in [-0.05, 0) is 12.1 Å². The minimum Gasteiger partial charge on any atom is -0.480 e. The molecular weight excluding hydrogens is 280 g/mol. The fourth-order valence-electron chi connectivity index (χ4n) is 1.79. The molecule has 0 bridgehead atoms. The maximum Gasteiger partial charge on any atom is 0.350 e. The van der Waals surface area contributed by atoms with Gasteiger partial charge < -0.3 is 15.2 Å². The number of aromatic nitrogens is 3. The first-order valence-electron chi connectivity index (χ1n) is 6.08. The highest BCUT2D eigenvalue weighted by Crippen LogP contribution is 1.95. The lowest BCUT2D eigenvalue weighted by molar-refractivity contribution is -0.143. The zero-order chi connectivity index (χ0) is 15.4. The van der Waals surface area contributed by atoms with Crippen molar-refractivity contribution in [1.82, 2.24) is 19.5 Å². The van der Waals surface area contributed by atoms with Gasteiger partial charge in [0.25, 0.3) is 0 Å². The number of rotatable bonds is 6. The molecule has 0 aromatic carbocycles. The monoisotopic (exact) mass is 294 g/mol. The molecule has 0 radical (unpaired) electrons. The minimum absolute atomic E-state index is 0.166. The van der Waals surface area contributed by atoms with Gasteiger partial charge in [-0.25, -0.2) is 14.3 Å². The molecule has 21 heavy (non-hydrogen) atoms. The Kier molecular flexibility index (Phi) is 4.33. The van der Waals surface area contributed by atoms with Gasteiger partial charge in [0.2, 0.25) is 5.91 Å². The predicted octanol–water partition coefficient (Wildman–Crippen LogP) is -1.29. The van der Waals surface area contributed by atoms with Crippen LogP contribution in [0.2, 0.25) is 0 Å². The SMILES string of the molecule is COCC(NC(=O)Cn1nc2ccccn2c1=O)C(=O)O. The number of amides is 1. The number of carboxylic acid groups (broad SMARTS) is 1. The Morgan fingerprint density at radius 1 is 1.48 bits per heavy atom. The van der Waals surface area contributed by atoms with Crippen LogP contribution < -0.4 is 11.0 Å². The fraction of sp³-hybridized carbons (Fsp3) is 0.333. The lowest BCUT2D eigenvalue weighted by Gasteiger charge is -2.12. The summed E-state index contributed by atoms with van der Waals surface area (Å²) in [5.41, 5.74) is -0.0682. The van der Waals surface area contributed by atoms with Gasteiger partial charge in [-0.2, -0.15) is 0 Å². The van der Waals surface area contributed by atoms with Crippen LogP contribution in [-0.2, 0) is 20.9 Å². The Labute approximate surface area is 118 Å². The summed E-state index contributed by atoms with van der Waals surface area (Å²) in [5.74, 6) is -1.85. The van der Waals surface area contributed by atoms with E-state index in [1.165, 1.54) is 17.7 Å². The molecule has 2 aromatic rings. The van der Waals surface area contributed by atoms with Crippen molar-refractivity contribution in [3.05, 3.63) is 34.9 Å². The quantitative estimate of drug-likeness (QED) is 0.685. The lowest BCUT2D eigenvalue weighted by Crippen LogP contribution is -2.45. The molecule has 0 aliphatic heterocycles. The molecule has 9 heteroatoms. The van der Waals surface area contributed by atoms with Gasteiger partial charge in [-0.3, -0.25) is 9.20 Å². The molecular formula is C12H14N4O5. The number of fused-ring (bicyclic) bond motifs is 1. The molecule has 0 saturated carbocycles. The minimum atomic E-state index is -1.22. The van der Waals surface area contributed by atoms with E-state index >= 15 is 0 Å². The van der Waals surface area contributed by atoms with Gasteiger partial charge in [0.05, 0.1) is 6.61 Å². The van der Waals surface area contributed by atoms with Crippen molar-refractivity contribution in [2.75, 3.05) is 13.7 Å². The summed E-state index contributed by atoms with van der Waals surface area (Å²) >= 11 is 0. The smallest absolute Gasteiger partial charge is 0.350 e. The number of nitrogens with zero attached hydrogens (tertiary/aromatic N) is 3. The van der Waals surface area contributed by atoms with E-state index in [1.54, 1.807) is 18.2 Å². The van der Waals surface area contributed by atoms with Gasteiger partial charge in [-0.15, -0.1) is 5.10 Å². The van der Waals surface area contributed by atoms with Crippen molar-refractivity contribution in [3.8, 4) is 0 Å². The van der Waals surface area contributed by atoms with Gasteiger partial charge in [0.1, 0.15) is 6.54 Å². The van der Waals surface area contributed by atoms with Crippen LogP contribution in [0.25, 0.3) is 5.65 Å². The third-order valence-electron chi connectivity index (χ3n) is 2.75. The molecule has 1 amide bonds. The molecule has 0 aliphatic carbocycles. The van der Waals surface area contributed by atoms with Crippen LogP contribution in [0.4, 0.5) is 0 Å². The van der Waals surface area contributed by atoms with Crippen LogP contribution in [0, 0.1) is 0 Å². The van der Waals surface area contributed by atoms with E-state index < -0.39 is 23.6 Å². The number of ether oxygens (including phenoxy) is 1. The largest absolute Gasteiger partial charge is 0.480 e. The molecule has 1 unspecified atom stereocenters. The Balaban J connectivity index is 2.12. The Morgan fingerprint density at radius 3 is 2.86 bits per heavy atom.